The van der Waals surface area contributed by atoms with Crippen molar-refractivity contribution in [1.82, 2.24) is 0 Å². The highest BCUT2D eigenvalue weighted by Gasteiger charge is 2.28. The highest BCUT2D eigenvalue weighted by atomic mass is 15.1. The van der Waals surface area contributed by atoms with E-state index in [1.165, 1.54) is 29.7 Å². The minimum Gasteiger partial charge on any atom is -0.399 e. The molecule has 0 bridgehead atoms. The number of nitrogens with zero attached hydrogens (tertiary/aromatic N) is 1. The monoisotopic (exact) mass is 342 g/mol. The Morgan fingerprint density at radius 1 is 0.731 bits per heavy atom. The van der Waals surface area contributed by atoms with Crippen LogP contribution >= 0.6 is 0 Å². The quantitative estimate of drug-likeness (QED) is 0.650. The van der Waals surface area contributed by atoms with E-state index < -0.39 is 0 Å². The standard InChI is InChI=1S/C24H26N2/c25-22-12-7-13-23(18-22)26-16-14-21(15-17-26)24(19-8-3-1-4-9-19)20-10-5-2-6-11-20/h1-13,18,21,24H,14-17,25H2. The lowest BCUT2D eigenvalue weighted by atomic mass is 9.76. The van der Waals surface area contributed by atoms with E-state index in [4.69, 9.17) is 5.73 Å². The second-order valence-electron chi connectivity index (χ2n) is 7.22. The van der Waals surface area contributed by atoms with Crippen molar-refractivity contribution in [2.24, 2.45) is 5.92 Å². The Labute approximate surface area is 156 Å². The van der Waals surface area contributed by atoms with Gasteiger partial charge in [0.25, 0.3) is 0 Å². The van der Waals surface area contributed by atoms with Crippen LogP contribution in [0.2, 0.25) is 0 Å². The molecule has 1 fully saturated rings. The van der Waals surface area contributed by atoms with Gasteiger partial charge in [0.15, 0.2) is 0 Å². The van der Waals surface area contributed by atoms with Gasteiger partial charge >= 0.3 is 0 Å². The number of hydrogen-bond acceptors (Lipinski definition) is 2. The van der Waals surface area contributed by atoms with Gasteiger partial charge in [-0.1, -0.05) is 66.7 Å². The second kappa shape index (κ2) is 7.65. The maximum absolute atomic E-state index is 5.97. The van der Waals surface area contributed by atoms with Crippen LogP contribution < -0.4 is 10.6 Å². The van der Waals surface area contributed by atoms with Gasteiger partial charge in [-0.3, -0.25) is 0 Å². The van der Waals surface area contributed by atoms with E-state index >= 15 is 0 Å². The van der Waals surface area contributed by atoms with E-state index in [1.807, 2.05) is 12.1 Å². The molecule has 1 saturated heterocycles. The number of benzene rings is 3. The van der Waals surface area contributed by atoms with Crippen LogP contribution in [0.25, 0.3) is 0 Å². The van der Waals surface area contributed by atoms with Crippen LogP contribution in [0, 0.1) is 5.92 Å². The Morgan fingerprint density at radius 3 is 1.85 bits per heavy atom. The summed E-state index contributed by atoms with van der Waals surface area (Å²) in [6, 6.07) is 30.2. The van der Waals surface area contributed by atoms with E-state index in [-0.39, 0.29) is 0 Å². The molecule has 0 spiro atoms. The molecule has 0 amide bonds. The van der Waals surface area contributed by atoms with Gasteiger partial charge in [-0.15, -0.1) is 0 Å². The highest BCUT2D eigenvalue weighted by Crippen LogP contribution is 2.38. The number of piperidine rings is 1. The van der Waals surface area contributed by atoms with Crippen LogP contribution in [0.4, 0.5) is 11.4 Å². The molecule has 1 aliphatic heterocycles. The zero-order valence-corrected chi connectivity index (χ0v) is 15.1. The average molecular weight is 342 g/mol. The lowest BCUT2D eigenvalue weighted by Crippen LogP contribution is -2.35. The highest BCUT2D eigenvalue weighted by molar-refractivity contribution is 5.56. The van der Waals surface area contributed by atoms with Crippen molar-refractivity contribution >= 4 is 11.4 Å². The van der Waals surface area contributed by atoms with Crippen molar-refractivity contribution in [2.45, 2.75) is 18.8 Å². The molecule has 0 aliphatic carbocycles. The summed E-state index contributed by atoms with van der Waals surface area (Å²) in [6.07, 6.45) is 2.40. The molecule has 0 radical (unpaired) electrons. The third-order valence-electron chi connectivity index (χ3n) is 5.56. The summed E-state index contributed by atoms with van der Waals surface area (Å²) in [6.45, 7) is 2.18. The molecule has 26 heavy (non-hydrogen) atoms. The van der Waals surface area contributed by atoms with Gasteiger partial charge in [-0.2, -0.15) is 0 Å². The first kappa shape index (κ1) is 16.7. The largest absolute Gasteiger partial charge is 0.399 e. The minimum absolute atomic E-state index is 0.473. The normalized spacial score (nSPS) is 15.3. The molecule has 1 heterocycles. The van der Waals surface area contributed by atoms with E-state index in [0.29, 0.717) is 11.8 Å². The Kier molecular flexibility index (Phi) is 4.92. The first-order valence-corrected chi connectivity index (χ1v) is 9.51. The lowest BCUT2D eigenvalue weighted by Gasteiger charge is -2.38. The third-order valence-corrected chi connectivity index (χ3v) is 5.56. The SMILES string of the molecule is Nc1cccc(N2CCC(C(c3ccccc3)c3ccccc3)CC2)c1. The van der Waals surface area contributed by atoms with Crippen molar-refractivity contribution in [1.29, 1.82) is 0 Å². The maximum atomic E-state index is 5.97. The molecule has 0 aromatic heterocycles. The molecular formula is C24H26N2. The fourth-order valence-electron chi connectivity index (χ4n) is 4.27. The van der Waals surface area contributed by atoms with Gasteiger partial charge in [-0.05, 0) is 48.1 Å². The van der Waals surface area contributed by atoms with Crippen LogP contribution in [-0.4, -0.2) is 13.1 Å². The molecule has 1 aliphatic rings. The van der Waals surface area contributed by atoms with Gasteiger partial charge in [0.05, 0.1) is 0 Å². The number of rotatable bonds is 4. The van der Waals surface area contributed by atoms with Crippen LogP contribution in [0.15, 0.2) is 84.9 Å². The molecule has 4 rings (SSSR count). The molecule has 132 valence electrons. The van der Waals surface area contributed by atoms with Crippen molar-refractivity contribution in [3.05, 3.63) is 96.1 Å². The molecule has 3 aromatic carbocycles. The van der Waals surface area contributed by atoms with Gasteiger partial charge in [-0.25, -0.2) is 0 Å². The number of nitrogens with two attached hydrogens (primary N) is 1. The summed E-state index contributed by atoms with van der Waals surface area (Å²) in [5.41, 5.74) is 10.9. The fourth-order valence-corrected chi connectivity index (χ4v) is 4.27. The first-order valence-electron chi connectivity index (χ1n) is 9.51. The minimum atomic E-state index is 0.473. The van der Waals surface area contributed by atoms with Crippen molar-refractivity contribution in [3.63, 3.8) is 0 Å². The predicted octanol–water partition coefficient (Wildman–Crippen LogP) is 5.32. The summed E-state index contributed by atoms with van der Waals surface area (Å²) in [5, 5.41) is 0. The Bertz CT molecular complexity index is 782. The zero-order chi connectivity index (χ0) is 17.8. The number of hydrogen-bond donors (Lipinski definition) is 1. The smallest absolute Gasteiger partial charge is 0.0386 e. The average Bonchev–Trinajstić information content (AvgIpc) is 2.70. The van der Waals surface area contributed by atoms with E-state index in [1.54, 1.807) is 0 Å². The van der Waals surface area contributed by atoms with Gasteiger partial charge in [0.2, 0.25) is 0 Å². The molecule has 0 saturated carbocycles. The van der Waals surface area contributed by atoms with E-state index in [2.05, 4.69) is 77.7 Å². The number of nitrogen functional groups attached to an aromatic ring is 1. The van der Waals surface area contributed by atoms with Crippen LogP contribution in [0.3, 0.4) is 0 Å². The van der Waals surface area contributed by atoms with Gasteiger partial charge < -0.3 is 10.6 Å². The van der Waals surface area contributed by atoms with Crippen LogP contribution in [0.5, 0.6) is 0 Å². The maximum Gasteiger partial charge on any atom is 0.0386 e. The summed E-state index contributed by atoms with van der Waals surface area (Å²) >= 11 is 0. The number of anilines is 2. The lowest BCUT2D eigenvalue weighted by molar-refractivity contribution is 0.368. The Morgan fingerprint density at radius 2 is 1.31 bits per heavy atom. The fraction of sp³-hybridized carbons (Fsp3) is 0.250. The third kappa shape index (κ3) is 3.60. The van der Waals surface area contributed by atoms with Crippen molar-refractivity contribution in [3.8, 4) is 0 Å². The molecular weight excluding hydrogens is 316 g/mol. The molecule has 3 aromatic rings. The van der Waals surface area contributed by atoms with E-state index in [0.717, 1.165) is 18.8 Å². The molecule has 2 N–H and O–H groups in total. The zero-order valence-electron chi connectivity index (χ0n) is 15.1. The van der Waals surface area contributed by atoms with E-state index in [9.17, 15) is 0 Å². The van der Waals surface area contributed by atoms with Gasteiger partial charge in [0, 0.05) is 30.4 Å². The van der Waals surface area contributed by atoms with Crippen LogP contribution in [0.1, 0.15) is 29.9 Å². The van der Waals surface area contributed by atoms with Crippen molar-refractivity contribution < 1.29 is 0 Å². The molecule has 2 nitrogen and oxygen atoms in total. The first-order chi connectivity index (χ1) is 12.8. The topological polar surface area (TPSA) is 29.3 Å². The summed E-state index contributed by atoms with van der Waals surface area (Å²) in [5.74, 6) is 1.14. The molecule has 0 unspecified atom stereocenters. The van der Waals surface area contributed by atoms with Crippen molar-refractivity contribution in [2.75, 3.05) is 23.7 Å². The van der Waals surface area contributed by atoms with Gasteiger partial charge in [0.1, 0.15) is 0 Å². The summed E-state index contributed by atoms with van der Waals surface area (Å²) < 4.78 is 0. The predicted molar refractivity (Wildman–Crippen MR) is 111 cm³/mol. The van der Waals surface area contributed by atoms with Crippen LogP contribution in [-0.2, 0) is 0 Å². The molecule has 0 atom stereocenters. The Balaban J connectivity index is 1.55. The Hall–Kier alpha value is -2.74. The summed E-state index contributed by atoms with van der Waals surface area (Å²) in [7, 11) is 0. The second-order valence-corrected chi connectivity index (χ2v) is 7.22. The summed E-state index contributed by atoms with van der Waals surface area (Å²) in [4.78, 5) is 2.47. The molecule has 2 heteroatoms.